The molecule has 2 unspecified atom stereocenters. The van der Waals surface area contributed by atoms with Gasteiger partial charge in [0, 0.05) is 65.7 Å². The van der Waals surface area contributed by atoms with E-state index >= 15 is 0 Å². The molecular weight excluding hydrogens is 1850 g/mol. The van der Waals surface area contributed by atoms with Crippen LogP contribution in [0.4, 0.5) is 53.0 Å². The fraction of sp³-hybridized carbons (Fsp3) is 0.469. The molecule has 32 heteroatoms. The van der Waals surface area contributed by atoms with Crippen LogP contribution in [-0.2, 0) is 62.9 Å². The minimum absolute atomic E-state index is 0.0150. The van der Waals surface area contributed by atoms with Crippen molar-refractivity contribution in [2.75, 3.05) is 33.2 Å². The van der Waals surface area contributed by atoms with Crippen LogP contribution < -0.4 is 36.1 Å². The van der Waals surface area contributed by atoms with Crippen LogP contribution in [0.5, 0.6) is 11.5 Å². The number of carbonyl (C=O) groups is 5. The fourth-order valence-electron chi connectivity index (χ4n) is 20.3. The number of benzene rings is 8. The highest BCUT2D eigenvalue weighted by Crippen LogP contribution is 2.64. The van der Waals surface area contributed by atoms with E-state index < -0.39 is 52.1 Å². The van der Waals surface area contributed by atoms with Crippen LogP contribution in [-0.4, -0.2) is 117 Å². The summed E-state index contributed by atoms with van der Waals surface area (Å²) in [6.45, 7) is 38.7. The molecule has 0 spiro atoms. The number of imidazole rings is 5. The molecule has 13 aromatic rings. The number of alkyl halides is 2. The molecule has 5 amide bonds. The molecule has 145 heavy (non-hydrogen) atoms. The lowest BCUT2D eigenvalue weighted by Crippen LogP contribution is -2.59. The van der Waals surface area contributed by atoms with Crippen molar-refractivity contribution < 1.29 is 71.4 Å². The predicted octanol–water partition coefficient (Wildman–Crippen LogP) is 23.7. The summed E-state index contributed by atoms with van der Waals surface area (Å²) in [6, 6.07) is 50.9. The van der Waals surface area contributed by atoms with Crippen LogP contribution in [0.15, 0.2) is 164 Å². The highest BCUT2D eigenvalue weighted by Gasteiger charge is 2.59. The first kappa shape index (κ1) is 106. The zero-order valence-electron chi connectivity index (χ0n) is 86.1. The first-order valence-electron chi connectivity index (χ1n) is 50.1. The van der Waals surface area contributed by atoms with Crippen molar-refractivity contribution in [1.82, 2.24) is 47.8 Å². The second-order valence-corrected chi connectivity index (χ2v) is 45.5. The van der Waals surface area contributed by atoms with Gasteiger partial charge in [-0.25, -0.2) is 38.5 Å². The molecule has 0 aliphatic heterocycles. The molecule has 766 valence electrons. The minimum atomic E-state index is -3.05. The van der Waals surface area contributed by atoms with Crippen molar-refractivity contribution in [2.45, 2.75) is 310 Å². The van der Waals surface area contributed by atoms with Gasteiger partial charge in [0.25, 0.3) is 0 Å². The predicted molar refractivity (Wildman–Crippen MR) is 555 cm³/mol. The molecular formula is C113H135F4N17O11. The summed E-state index contributed by atoms with van der Waals surface area (Å²) in [7, 11) is 0. The quantitative estimate of drug-likeness (QED) is 0.0162. The highest BCUT2D eigenvalue weighted by atomic mass is 19.3. The van der Waals surface area contributed by atoms with Gasteiger partial charge in [-0.2, -0.15) is 14.0 Å². The molecule has 9 N–H and O–H groups in total. The molecule has 0 radical (unpaired) electrons. The van der Waals surface area contributed by atoms with Crippen molar-refractivity contribution in [3.05, 3.63) is 220 Å². The lowest BCUT2D eigenvalue weighted by Gasteiger charge is -2.62. The number of nitriles is 1. The number of aromatic nitrogens is 10. The Balaban J connectivity index is 0.000000137. The number of ether oxygens (including phenoxy) is 2. The van der Waals surface area contributed by atoms with Gasteiger partial charge in [-0.1, -0.05) is 144 Å². The van der Waals surface area contributed by atoms with E-state index in [-0.39, 0.29) is 111 Å². The smallest absolute Gasteiger partial charge is 0.387 e. The Hall–Kier alpha value is -13.4. The zero-order chi connectivity index (χ0) is 105. The number of amides is 5. The summed E-state index contributed by atoms with van der Waals surface area (Å²) >= 11 is 0. The summed E-state index contributed by atoms with van der Waals surface area (Å²) in [5.74, 6) is 1.62. The highest BCUT2D eigenvalue weighted by molar-refractivity contribution is 5.97. The number of fused-ring (bicyclic) bond motifs is 5. The van der Waals surface area contributed by atoms with Crippen LogP contribution in [0, 0.1) is 59.1 Å². The number of aryl methyl sites for hydroxylation is 1. The van der Waals surface area contributed by atoms with E-state index in [9.17, 15) is 67.2 Å². The minimum Gasteiger partial charge on any atom is -0.491 e. The van der Waals surface area contributed by atoms with Crippen molar-refractivity contribution in [2.24, 2.45) is 22.7 Å². The Morgan fingerprint density at radius 2 is 1.02 bits per heavy atom. The van der Waals surface area contributed by atoms with Gasteiger partial charge in [-0.15, -0.1) is 0 Å². The molecule has 7 fully saturated rings. The lowest BCUT2D eigenvalue weighted by atomic mass is 9.49. The molecule has 5 aromatic heterocycles. The molecule has 5 heterocycles. The van der Waals surface area contributed by atoms with E-state index in [1.807, 2.05) is 177 Å². The number of carbonyl (C=O) groups excluding carboxylic acids is 5. The van der Waals surface area contributed by atoms with Gasteiger partial charge in [0.05, 0.1) is 97.6 Å². The molecule has 0 saturated heterocycles. The van der Waals surface area contributed by atoms with Gasteiger partial charge in [0.1, 0.15) is 29.1 Å². The maximum absolute atomic E-state index is 14.6. The van der Waals surface area contributed by atoms with Gasteiger partial charge in [-0.3, -0.25) is 50.6 Å². The first-order valence-corrected chi connectivity index (χ1v) is 50.1. The third kappa shape index (κ3) is 24.4. The van der Waals surface area contributed by atoms with E-state index in [2.05, 4.69) is 105 Å². The Morgan fingerprint density at radius 1 is 0.517 bits per heavy atom. The monoisotopic (exact) mass is 1980 g/mol. The number of nitrogens with one attached hydrogen (secondary N) is 5. The average Bonchev–Trinajstić information content (AvgIpc) is 1.67. The summed E-state index contributed by atoms with van der Waals surface area (Å²) in [5, 5.41) is 66.0. The van der Waals surface area contributed by atoms with Gasteiger partial charge in [0.15, 0.2) is 17.3 Å². The standard InChI is InChI=1S/C26H31N3O4.C24H29N3O2.C23H25FN4O2.C21H26F3N3O2.C19H24N4O/c1-24(2,31)16-33-19-9-10-20-21(11-19)29(26-12-17(13-26)14-26)23(27-20)28-22(30)15-25(3,32)18-7-5-4-6-8-18;1-16(17-8-5-4-6-9-17)14-22(28)26-23-25-20-13-12-18(24(2,3)29)15-21(20)27(23)19-10-7-11-19;1-14-7-6-8-16(9-14)23(5,30)12-19(29)26-21-27-20-17(24)10-15(13-25)11-18(20)28(21)22(2,3)4;1-20(2,12-5-6-12)11-16(28)25-19-26-17-14(22)9-13(29-18(23)24)10-15(17)27(19)21(3)7-4-8-21;1-18(2,3)12-16(24)22-17-21-14-8-7-13(20-5)11-15(14)23(17)19(4)9-6-10-19/h4-11,17,31-32H,12-16H2,1-3H3,(H,27,28,30);4-6,8-9,12-13,15-16,19,29H,7,10-11,14H2,1-3H3,(H,25,26,28);6-11,30H,12H2,1-5H3,(H,26,27,29);9-10,12,18H,4-8,11H2,1-3H3,(H,25,26,28);7-8,11H,6,9-10,12H2,1-4H3,(H,21,22,24)/t;16-;;;/m.1.../s1. The lowest BCUT2D eigenvalue weighted by molar-refractivity contribution is -0.122. The van der Waals surface area contributed by atoms with Crippen LogP contribution in [0.2, 0.25) is 0 Å². The molecule has 2 bridgehead atoms. The molecule has 20 rings (SSSR count). The van der Waals surface area contributed by atoms with Gasteiger partial charge < -0.3 is 52.7 Å². The van der Waals surface area contributed by atoms with E-state index in [0.717, 1.165) is 145 Å². The summed E-state index contributed by atoms with van der Waals surface area (Å²) < 4.78 is 74.5. The van der Waals surface area contributed by atoms with Crippen LogP contribution in [0.3, 0.4) is 0 Å². The third-order valence-corrected chi connectivity index (χ3v) is 28.8. The van der Waals surface area contributed by atoms with Crippen molar-refractivity contribution >= 4 is 120 Å². The number of hydrogen-bond acceptors (Lipinski definition) is 17. The molecule has 7 aliphatic carbocycles. The van der Waals surface area contributed by atoms with Gasteiger partial charge in [0.2, 0.25) is 59.3 Å². The maximum Gasteiger partial charge on any atom is 0.387 e. The average molecular weight is 1980 g/mol. The second kappa shape index (κ2) is 41.3. The summed E-state index contributed by atoms with van der Waals surface area (Å²) in [4.78, 5) is 89.9. The maximum atomic E-state index is 14.6. The van der Waals surface area contributed by atoms with Gasteiger partial charge in [-0.05, 0) is 272 Å². The molecule has 8 aromatic carbocycles. The molecule has 3 atom stereocenters. The van der Waals surface area contributed by atoms with E-state index in [1.54, 1.807) is 68.9 Å². The number of anilines is 5. The summed E-state index contributed by atoms with van der Waals surface area (Å²) in [5.41, 5.74) is 5.55. The fourth-order valence-corrected chi connectivity index (χ4v) is 20.3. The number of aliphatic hydroxyl groups is 4. The van der Waals surface area contributed by atoms with Gasteiger partial charge >= 0.3 is 6.61 Å². The zero-order valence-corrected chi connectivity index (χ0v) is 86.1. The van der Waals surface area contributed by atoms with E-state index in [1.165, 1.54) is 18.9 Å². The van der Waals surface area contributed by atoms with Crippen molar-refractivity contribution in [3.63, 3.8) is 0 Å². The Labute approximate surface area is 843 Å². The number of halogens is 4. The van der Waals surface area contributed by atoms with Crippen LogP contribution >= 0.6 is 0 Å². The van der Waals surface area contributed by atoms with Crippen LogP contribution in [0.25, 0.3) is 60.0 Å². The molecule has 7 saturated carbocycles. The molecule has 28 nitrogen and oxygen atoms in total. The van der Waals surface area contributed by atoms with Crippen molar-refractivity contribution in [3.8, 4) is 17.6 Å². The van der Waals surface area contributed by atoms with E-state index in [0.29, 0.717) is 82.7 Å². The first-order chi connectivity index (χ1) is 68.1. The van der Waals surface area contributed by atoms with E-state index in [4.69, 9.17) is 21.3 Å². The third-order valence-electron chi connectivity index (χ3n) is 28.8. The normalized spacial score (nSPS) is 17.8. The number of hydrogen-bond donors (Lipinski definition) is 9. The SMILES string of the molecule is CC(C)(CC(=O)Nc1nc2c(F)cc(OC(F)F)cc2n1C1(C)CCC1)C1CC1.CC(C)(O)COc1ccc2nc(NC(=O)CC(C)(O)c3ccccc3)n(C34CC(C3)C4)c2c1.C[C@H](CC(=O)Nc1nc2ccc(C(C)(C)O)cc2n1C1CCC1)c1ccccc1.Cc1cccc(C(C)(O)CC(=O)Nc2nc3c(F)cc(C#N)cc3n2C(C)(C)C)c1.[C-]#[N+]c1ccc2nc(NC(=O)CC(C)(C)C)n(C3(C)CCC3)c2c1. The number of nitrogens with zero attached hydrogens (tertiary/aromatic N) is 12. The Kier molecular flexibility index (Phi) is 30.1. The molecule has 7 aliphatic rings. The van der Waals surface area contributed by atoms with Crippen LogP contribution in [0.1, 0.15) is 285 Å². The summed E-state index contributed by atoms with van der Waals surface area (Å²) in [6.07, 6.45) is 15.7. The largest absolute Gasteiger partial charge is 0.491 e. The Bertz CT molecular complexity index is 7080. The Morgan fingerprint density at radius 3 is 1.55 bits per heavy atom. The second-order valence-electron chi connectivity index (χ2n) is 45.5. The van der Waals surface area contributed by atoms with Crippen molar-refractivity contribution in [1.29, 1.82) is 5.26 Å². The number of rotatable bonds is 28. The topological polar surface area (TPSA) is 362 Å².